The van der Waals surface area contributed by atoms with Gasteiger partial charge in [0.15, 0.2) is 0 Å². The van der Waals surface area contributed by atoms with E-state index in [1.165, 1.54) is 7.05 Å². The maximum Gasteiger partial charge on any atom is 0.221 e. The summed E-state index contributed by atoms with van der Waals surface area (Å²) in [4.78, 5) is 11.4. The second-order valence-electron chi connectivity index (χ2n) is 3.87. The van der Waals surface area contributed by atoms with Crippen LogP contribution in [0.3, 0.4) is 0 Å². The minimum atomic E-state index is -3.40. The lowest BCUT2D eigenvalue weighted by atomic mass is 10.0. The molecule has 0 radical (unpaired) electrons. The first-order valence-electron chi connectivity index (χ1n) is 5.25. The first-order valence-corrected chi connectivity index (χ1v) is 7.52. The van der Waals surface area contributed by atoms with Gasteiger partial charge < -0.3 is 5.32 Å². The van der Waals surface area contributed by atoms with Gasteiger partial charge in [0.1, 0.15) is 0 Å². The highest BCUT2D eigenvalue weighted by atomic mass is 35.5. The van der Waals surface area contributed by atoms with Crippen molar-refractivity contribution in [1.29, 1.82) is 0 Å². The van der Waals surface area contributed by atoms with Crippen LogP contribution in [0.15, 0.2) is 24.3 Å². The number of carbonyl (C=O) groups excluding carboxylic acids is 1. The molecule has 18 heavy (non-hydrogen) atoms. The van der Waals surface area contributed by atoms with E-state index in [-0.39, 0.29) is 12.3 Å². The van der Waals surface area contributed by atoms with Crippen molar-refractivity contribution in [3.05, 3.63) is 34.9 Å². The molecule has 1 amide bonds. The normalized spacial score (nSPS) is 13.1. The van der Waals surface area contributed by atoms with E-state index in [9.17, 15) is 13.2 Å². The van der Waals surface area contributed by atoms with Crippen molar-refractivity contribution in [3.63, 3.8) is 0 Å². The molecule has 0 unspecified atom stereocenters. The van der Waals surface area contributed by atoms with Crippen LogP contribution in [0.4, 0.5) is 0 Å². The summed E-state index contributed by atoms with van der Waals surface area (Å²) in [7, 11) is -1.90. The highest BCUT2D eigenvalue weighted by Crippen LogP contribution is 2.20. The monoisotopic (exact) mass is 290 g/mol. The Morgan fingerprint density at radius 1 is 1.33 bits per heavy atom. The van der Waals surface area contributed by atoms with Gasteiger partial charge in [0.05, 0.1) is 12.3 Å². The van der Waals surface area contributed by atoms with Gasteiger partial charge in [0.25, 0.3) is 0 Å². The largest absolute Gasteiger partial charge is 0.359 e. The number of rotatable bonds is 5. The molecule has 2 N–H and O–H groups in total. The van der Waals surface area contributed by atoms with Gasteiger partial charge in [-0.25, -0.2) is 13.1 Å². The van der Waals surface area contributed by atoms with Crippen LogP contribution in [0.1, 0.15) is 18.0 Å². The predicted molar refractivity (Wildman–Crippen MR) is 70.9 cm³/mol. The lowest BCUT2D eigenvalue weighted by Gasteiger charge is -2.17. The number of benzene rings is 1. The van der Waals surface area contributed by atoms with E-state index in [2.05, 4.69) is 10.0 Å². The highest BCUT2D eigenvalue weighted by Gasteiger charge is 2.19. The fourth-order valence-electron chi connectivity index (χ4n) is 1.47. The standard InChI is InChI=1S/C11H15ClN2O3S/c1-13-11(15)7-10(14-18(2,16)17)8-3-5-9(12)6-4-8/h3-6,10,14H,7H2,1-2H3,(H,13,15)/t10-/m1/s1. The SMILES string of the molecule is CNC(=O)C[C@@H](NS(C)(=O)=O)c1ccc(Cl)cc1. The summed E-state index contributed by atoms with van der Waals surface area (Å²) < 4.78 is 25.0. The zero-order valence-corrected chi connectivity index (χ0v) is 11.7. The fraction of sp³-hybridized carbons (Fsp3) is 0.364. The van der Waals surface area contributed by atoms with Gasteiger partial charge in [-0.3, -0.25) is 4.79 Å². The van der Waals surface area contributed by atoms with Gasteiger partial charge in [-0.2, -0.15) is 0 Å². The average Bonchev–Trinajstić information content (AvgIpc) is 2.27. The molecule has 0 aromatic heterocycles. The molecule has 100 valence electrons. The summed E-state index contributed by atoms with van der Waals surface area (Å²) in [6.45, 7) is 0. The van der Waals surface area contributed by atoms with Crippen LogP contribution in [0, 0.1) is 0 Å². The summed E-state index contributed by atoms with van der Waals surface area (Å²) in [5.41, 5.74) is 0.688. The average molecular weight is 291 g/mol. The lowest BCUT2D eigenvalue weighted by molar-refractivity contribution is -0.121. The Morgan fingerprint density at radius 2 is 1.89 bits per heavy atom. The van der Waals surface area contributed by atoms with E-state index < -0.39 is 16.1 Å². The van der Waals surface area contributed by atoms with E-state index in [4.69, 9.17) is 11.6 Å². The number of amides is 1. The van der Waals surface area contributed by atoms with Gasteiger partial charge in [0.2, 0.25) is 15.9 Å². The van der Waals surface area contributed by atoms with Crippen molar-refractivity contribution in [2.45, 2.75) is 12.5 Å². The summed E-state index contributed by atoms with van der Waals surface area (Å²) in [5.74, 6) is -0.244. The smallest absolute Gasteiger partial charge is 0.221 e. The minimum Gasteiger partial charge on any atom is -0.359 e. The zero-order chi connectivity index (χ0) is 13.8. The van der Waals surface area contributed by atoms with Gasteiger partial charge in [-0.05, 0) is 17.7 Å². The first kappa shape index (κ1) is 14.9. The Hall–Kier alpha value is -1.11. The van der Waals surface area contributed by atoms with Crippen LogP contribution in [0.25, 0.3) is 0 Å². The Labute approximate surface area is 112 Å². The molecule has 1 rings (SSSR count). The Morgan fingerprint density at radius 3 is 2.33 bits per heavy atom. The van der Waals surface area contributed by atoms with E-state index in [1.54, 1.807) is 24.3 Å². The molecule has 5 nitrogen and oxygen atoms in total. The quantitative estimate of drug-likeness (QED) is 0.852. The second kappa shape index (κ2) is 6.17. The van der Waals surface area contributed by atoms with Gasteiger partial charge >= 0.3 is 0 Å². The molecule has 0 spiro atoms. The Kier molecular flexibility index (Phi) is 5.13. The van der Waals surface area contributed by atoms with E-state index >= 15 is 0 Å². The van der Waals surface area contributed by atoms with Gasteiger partial charge in [-0.1, -0.05) is 23.7 Å². The Bertz CT molecular complexity index is 514. The molecular formula is C11H15ClN2O3S. The molecule has 1 aromatic rings. The zero-order valence-electron chi connectivity index (χ0n) is 10.1. The van der Waals surface area contributed by atoms with Crippen LogP contribution < -0.4 is 10.0 Å². The number of hydrogen-bond donors (Lipinski definition) is 2. The third-order valence-corrected chi connectivity index (χ3v) is 3.26. The lowest BCUT2D eigenvalue weighted by Crippen LogP contribution is -2.32. The summed E-state index contributed by atoms with van der Waals surface area (Å²) in [6.07, 6.45) is 1.09. The third-order valence-electron chi connectivity index (χ3n) is 2.30. The molecule has 0 fully saturated rings. The summed E-state index contributed by atoms with van der Waals surface area (Å²) in [5, 5.41) is 3.02. The summed E-state index contributed by atoms with van der Waals surface area (Å²) in [6, 6.07) is 6.08. The molecular weight excluding hydrogens is 276 g/mol. The van der Waals surface area contributed by atoms with Crippen molar-refractivity contribution in [2.75, 3.05) is 13.3 Å². The highest BCUT2D eigenvalue weighted by molar-refractivity contribution is 7.88. The molecule has 1 aromatic carbocycles. The molecule has 0 saturated carbocycles. The van der Waals surface area contributed by atoms with Gasteiger partial charge in [0, 0.05) is 18.5 Å². The molecule has 1 atom stereocenters. The van der Waals surface area contributed by atoms with Crippen LogP contribution >= 0.6 is 11.6 Å². The van der Waals surface area contributed by atoms with Crippen molar-refractivity contribution in [1.82, 2.24) is 10.0 Å². The molecule has 0 aliphatic heterocycles. The van der Waals surface area contributed by atoms with Crippen LogP contribution in [-0.4, -0.2) is 27.6 Å². The van der Waals surface area contributed by atoms with Crippen LogP contribution in [0.5, 0.6) is 0 Å². The van der Waals surface area contributed by atoms with E-state index in [0.29, 0.717) is 10.6 Å². The number of hydrogen-bond acceptors (Lipinski definition) is 3. The molecule has 0 aliphatic rings. The number of halogens is 1. The number of sulfonamides is 1. The molecule has 0 saturated heterocycles. The first-order chi connectivity index (χ1) is 8.31. The molecule has 7 heteroatoms. The maximum absolute atomic E-state index is 11.4. The van der Waals surface area contributed by atoms with Crippen molar-refractivity contribution >= 4 is 27.5 Å². The minimum absolute atomic E-state index is 0.0329. The van der Waals surface area contributed by atoms with Crippen molar-refractivity contribution in [2.24, 2.45) is 0 Å². The second-order valence-corrected chi connectivity index (χ2v) is 6.09. The molecule has 0 bridgehead atoms. The predicted octanol–water partition coefficient (Wildman–Crippen LogP) is 1.07. The van der Waals surface area contributed by atoms with Crippen LogP contribution in [-0.2, 0) is 14.8 Å². The Balaban J connectivity index is 2.96. The van der Waals surface area contributed by atoms with Crippen LogP contribution in [0.2, 0.25) is 5.02 Å². The maximum atomic E-state index is 11.4. The van der Waals surface area contributed by atoms with Crippen molar-refractivity contribution in [3.8, 4) is 0 Å². The van der Waals surface area contributed by atoms with E-state index in [0.717, 1.165) is 6.26 Å². The summed E-state index contributed by atoms with van der Waals surface area (Å²) >= 11 is 5.76. The topological polar surface area (TPSA) is 75.3 Å². The van der Waals surface area contributed by atoms with E-state index in [1.807, 2.05) is 0 Å². The number of nitrogens with one attached hydrogen (secondary N) is 2. The molecule has 0 aliphatic carbocycles. The fourth-order valence-corrected chi connectivity index (χ4v) is 2.33. The third kappa shape index (κ3) is 5.03. The number of carbonyl (C=O) groups is 1. The molecule has 0 heterocycles. The van der Waals surface area contributed by atoms with Crippen molar-refractivity contribution < 1.29 is 13.2 Å². The van der Waals surface area contributed by atoms with Gasteiger partial charge in [-0.15, -0.1) is 0 Å².